The number of aliphatic hydroxyl groups is 1. The first-order chi connectivity index (χ1) is 12.7. The molecule has 0 aromatic heterocycles. The molecule has 2 aromatic rings. The number of rotatable bonds is 4. The maximum atomic E-state index is 12.6. The van der Waals surface area contributed by atoms with E-state index in [0.29, 0.717) is 13.2 Å². The third kappa shape index (κ3) is 2.87. The summed E-state index contributed by atoms with van der Waals surface area (Å²) in [6, 6.07) is 16.2. The number of likely N-dealkylation sites (N-methyl/N-ethyl adjacent to an activating group) is 1. The van der Waals surface area contributed by atoms with E-state index in [1.807, 2.05) is 31.2 Å². The summed E-state index contributed by atoms with van der Waals surface area (Å²) >= 11 is 0. The van der Waals surface area contributed by atoms with E-state index < -0.39 is 12.2 Å². The Labute approximate surface area is 153 Å². The monoisotopic (exact) mass is 353 g/mol. The Bertz CT molecular complexity index is 761. The van der Waals surface area contributed by atoms with Gasteiger partial charge in [-0.1, -0.05) is 48.5 Å². The van der Waals surface area contributed by atoms with Crippen LogP contribution in [0.1, 0.15) is 24.0 Å². The maximum Gasteiger partial charge on any atom is 0.410 e. The van der Waals surface area contributed by atoms with Crippen LogP contribution >= 0.6 is 0 Å². The second-order valence-corrected chi connectivity index (χ2v) is 6.76. The number of carbonyl (C=O) groups is 1. The van der Waals surface area contributed by atoms with Crippen molar-refractivity contribution in [2.24, 2.45) is 0 Å². The predicted molar refractivity (Wildman–Crippen MR) is 98.1 cm³/mol. The van der Waals surface area contributed by atoms with E-state index in [-0.39, 0.29) is 25.2 Å². The van der Waals surface area contributed by atoms with Gasteiger partial charge in [-0.05, 0) is 29.2 Å². The summed E-state index contributed by atoms with van der Waals surface area (Å²) in [5.41, 5.74) is 4.79. The number of aliphatic hydroxyl groups excluding tert-OH is 1. The molecule has 0 saturated carbocycles. The van der Waals surface area contributed by atoms with Gasteiger partial charge in [-0.3, -0.25) is 0 Å². The van der Waals surface area contributed by atoms with Crippen LogP contribution in [0.5, 0.6) is 0 Å². The van der Waals surface area contributed by atoms with Crippen molar-refractivity contribution in [2.75, 3.05) is 26.4 Å². The standard InChI is InChI=1S/C21H23NO4/c1-2-22(19-12-25-13-20(19)23)21(24)26-11-18-16-9-5-3-7-14(16)15-8-4-6-10-17(15)18/h3-10,18-20,23H,2,11-13H2,1H3/t19-,20-/m1/s1. The van der Waals surface area contributed by atoms with Gasteiger partial charge < -0.3 is 19.5 Å². The average molecular weight is 353 g/mol. The van der Waals surface area contributed by atoms with Crippen molar-refractivity contribution >= 4 is 6.09 Å². The predicted octanol–water partition coefficient (Wildman–Crippen LogP) is 3.02. The van der Waals surface area contributed by atoms with Gasteiger partial charge in [-0.15, -0.1) is 0 Å². The maximum absolute atomic E-state index is 12.6. The van der Waals surface area contributed by atoms with Gasteiger partial charge >= 0.3 is 6.09 Å². The second kappa shape index (κ2) is 7.09. The van der Waals surface area contributed by atoms with E-state index in [1.54, 1.807) is 4.90 Å². The van der Waals surface area contributed by atoms with Crippen molar-refractivity contribution < 1.29 is 19.4 Å². The molecule has 2 aromatic carbocycles. The molecule has 1 amide bonds. The third-order valence-electron chi connectivity index (χ3n) is 5.33. The van der Waals surface area contributed by atoms with Crippen LogP contribution in [0.25, 0.3) is 11.1 Å². The highest BCUT2D eigenvalue weighted by Gasteiger charge is 2.35. The van der Waals surface area contributed by atoms with Gasteiger partial charge in [0.15, 0.2) is 0 Å². The van der Waals surface area contributed by atoms with Crippen molar-refractivity contribution in [2.45, 2.75) is 25.0 Å². The molecule has 0 unspecified atom stereocenters. The molecule has 2 aliphatic rings. The molecule has 26 heavy (non-hydrogen) atoms. The van der Waals surface area contributed by atoms with Crippen LogP contribution in [0, 0.1) is 0 Å². The SMILES string of the molecule is CCN(C(=O)OCC1c2ccccc2-c2ccccc21)[C@@H]1COC[C@H]1O. The van der Waals surface area contributed by atoms with Gasteiger partial charge in [0, 0.05) is 12.5 Å². The van der Waals surface area contributed by atoms with E-state index in [4.69, 9.17) is 9.47 Å². The lowest BCUT2D eigenvalue weighted by atomic mass is 9.98. The molecule has 5 heteroatoms. The molecule has 1 aliphatic heterocycles. The summed E-state index contributed by atoms with van der Waals surface area (Å²) in [4.78, 5) is 14.2. The smallest absolute Gasteiger partial charge is 0.410 e. The minimum Gasteiger partial charge on any atom is -0.448 e. The molecule has 1 heterocycles. The molecule has 0 radical (unpaired) electrons. The van der Waals surface area contributed by atoms with Gasteiger partial charge in [-0.25, -0.2) is 4.79 Å². The highest BCUT2D eigenvalue weighted by molar-refractivity contribution is 5.79. The number of amides is 1. The van der Waals surface area contributed by atoms with Crippen LogP contribution in [0.3, 0.4) is 0 Å². The Morgan fingerprint density at radius 3 is 2.27 bits per heavy atom. The Morgan fingerprint density at radius 1 is 1.12 bits per heavy atom. The fourth-order valence-corrected chi connectivity index (χ4v) is 4.01. The Hall–Kier alpha value is -2.37. The highest BCUT2D eigenvalue weighted by Crippen LogP contribution is 2.44. The molecule has 1 N–H and O–H groups in total. The number of nitrogens with zero attached hydrogens (tertiary/aromatic N) is 1. The zero-order chi connectivity index (χ0) is 18.1. The molecule has 2 atom stereocenters. The number of hydrogen-bond donors (Lipinski definition) is 1. The number of benzene rings is 2. The fraction of sp³-hybridized carbons (Fsp3) is 0.381. The molecular formula is C21H23NO4. The third-order valence-corrected chi connectivity index (χ3v) is 5.33. The van der Waals surface area contributed by atoms with E-state index in [2.05, 4.69) is 24.3 Å². The second-order valence-electron chi connectivity index (χ2n) is 6.76. The lowest BCUT2D eigenvalue weighted by Gasteiger charge is -2.28. The molecule has 5 nitrogen and oxygen atoms in total. The van der Waals surface area contributed by atoms with Crippen molar-refractivity contribution in [3.63, 3.8) is 0 Å². The largest absolute Gasteiger partial charge is 0.448 e. The van der Waals surface area contributed by atoms with E-state index >= 15 is 0 Å². The van der Waals surface area contributed by atoms with Crippen molar-refractivity contribution in [1.82, 2.24) is 4.90 Å². The first-order valence-electron chi connectivity index (χ1n) is 9.08. The van der Waals surface area contributed by atoms with Crippen LogP contribution in [0.2, 0.25) is 0 Å². The lowest BCUT2D eigenvalue weighted by Crippen LogP contribution is -2.47. The number of ether oxygens (including phenoxy) is 2. The van der Waals surface area contributed by atoms with Crippen LogP contribution in [0.15, 0.2) is 48.5 Å². The molecule has 1 fully saturated rings. The number of hydrogen-bond acceptors (Lipinski definition) is 4. The number of carbonyl (C=O) groups excluding carboxylic acids is 1. The minimum atomic E-state index is -0.657. The zero-order valence-corrected chi connectivity index (χ0v) is 14.8. The summed E-state index contributed by atoms with van der Waals surface area (Å²) < 4.78 is 10.9. The Morgan fingerprint density at radius 2 is 1.73 bits per heavy atom. The zero-order valence-electron chi connectivity index (χ0n) is 14.8. The number of fused-ring (bicyclic) bond motifs is 3. The first kappa shape index (κ1) is 17.1. The van der Waals surface area contributed by atoms with Gasteiger partial charge in [0.25, 0.3) is 0 Å². The van der Waals surface area contributed by atoms with Crippen molar-refractivity contribution in [3.8, 4) is 11.1 Å². The van der Waals surface area contributed by atoms with E-state index in [0.717, 1.165) is 0 Å². The normalized spacial score (nSPS) is 21.3. The topological polar surface area (TPSA) is 59.0 Å². The summed E-state index contributed by atoms with van der Waals surface area (Å²) in [7, 11) is 0. The van der Waals surface area contributed by atoms with E-state index in [9.17, 15) is 9.90 Å². The molecule has 1 saturated heterocycles. The average Bonchev–Trinajstić information content (AvgIpc) is 3.22. The first-order valence-corrected chi connectivity index (χ1v) is 9.08. The van der Waals surface area contributed by atoms with Crippen molar-refractivity contribution in [3.05, 3.63) is 59.7 Å². The molecule has 136 valence electrons. The highest BCUT2D eigenvalue weighted by atomic mass is 16.6. The quantitative estimate of drug-likeness (QED) is 0.918. The van der Waals surface area contributed by atoms with Crippen molar-refractivity contribution in [1.29, 1.82) is 0 Å². The molecule has 0 bridgehead atoms. The molecule has 1 aliphatic carbocycles. The minimum absolute atomic E-state index is 0.0369. The summed E-state index contributed by atoms with van der Waals surface area (Å²) in [6.07, 6.45) is -1.06. The van der Waals surface area contributed by atoms with Gasteiger partial charge in [-0.2, -0.15) is 0 Å². The lowest BCUT2D eigenvalue weighted by molar-refractivity contribution is 0.0550. The Balaban J connectivity index is 1.52. The fourth-order valence-electron chi connectivity index (χ4n) is 4.01. The Kier molecular flexibility index (Phi) is 4.66. The molecule has 0 spiro atoms. The molecular weight excluding hydrogens is 330 g/mol. The summed E-state index contributed by atoms with van der Waals surface area (Å²) in [6.45, 7) is 3.25. The van der Waals surface area contributed by atoms with Gasteiger partial charge in [0.05, 0.1) is 19.3 Å². The summed E-state index contributed by atoms with van der Waals surface area (Å²) in [5.74, 6) is 0.0369. The van der Waals surface area contributed by atoms with Crippen LogP contribution in [-0.2, 0) is 9.47 Å². The van der Waals surface area contributed by atoms with Crippen LogP contribution < -0.4 is 0 Å². The van der Waals surface area contributed by atoms with E-state index in [1.165, 1.54) is 22.3 Å². The van der Waals surface area contributed by atoms with Gasteiger partial charge in [0.2, 0.25) is 0 Å². The van der Waals surface area contributed by atoms with Crippen LogP contribution in [-0.4, -0.2) is 54.6 Å². The van der Waals surface area contributed by atoms with Crippen LogP contribution in [0.4, 0.5) is 4.79 Å². The van der Waals surface area contributed by atoms with Gasteiger partial charge in [0.1, 0.15) is 12.7 Å². The molecule has 4 rings (SSSR count). The summed E-state index contributed by atoms with van der Waals surface area (Å²) in [5, 5.41) is 10.0.